The molecule has 0 bridgehead atoms. The molecule has 1 unspecified atom stereocenters. The van der Waals surface area contributed by atoms with Crippen LogP contribution in [0.2, 0.25) is 0 Å². The van der Waals surface area contributed by atoms with Crippen LogP contribution >= 0.6 is 11.7 Å². The summed E-state index contributed by atoms with van der Waals surface area (Å²) in [4.78, 5) is 26.4. The minimum absolute atomic E-state index is 0.133. The van der Waals surface area contributed by atoms with Gasteiger partial charge in [-0.3, -0.25) is 14.5 Å². The second kappa shape index (κ2) is 5.40. The van der Waals surface area contributed by atoms with E-state index in [-0.39, 0.29) is 5.91 Å². The predicted molar refractivity (Wildman–Crippen MR) is 64.5 cm³/mol. The maximum atomic E-state index is 12.0. The molecule has 1 saturated heterocycles. The number of hydrogen-bond donors (Lipinski definition) is 1. The fraction of sp³-hybridized carbons (Fsp3) is 0.600. The number of hydrogen-bond acceptors (Lipinski definition) is 6. The van der Waals surface area contributed by atoms with E-state index in [1.54, 1.807) is 11.8 Å². The van der Waals surface area contributed by atoms with Crippen LogP contribution in [0.3, 0.4) is 0 Å². The Morgan fingerprint density at radius 1 is 1.39 bits per heavy atom. The molecule has 1 amide bonds. The van der Waals surface area contributed by atoms with Crippen molar-refractivity contribution >= 4 is 23.6 Å². The first-order valence-corrected chi connectivity index (χ1v) is 6.36. The van der Waals surface area contributed by atoms with Gasteiger partial charge in [-0.25, -0.2) is 0 Å². The molecule has 0 radical (unpaired) electrons. The molecular formula is C10H14N4O3S. The lowest BCUT2D eigenvalue weighted by atomic mass is 10.2. The molecule has 0 spiro atoms. The van der Waals surface area contributed by atoms with Gasteiger partial charge < -0.3 is 10.0 Å². The first kappa shape index (κ1) is 12.9. The second-order valence-electron chi connectivity index (χ2n) is 4.14. The highest BCUT2D eigenvalue weighted by Gasteiger charge is 2.28. The van der Waals surface area contributed by atoms with Crippen LogP contribution in [0, 0.1) is 0 Å². The lowest BCUT2D eigenvalue weighted by Crippen LogP contribution is -2.53. The molecule has 2 rings (SSSR count). The standard InChI is InChI=1S/C10H14N4O3S/c1-7(10(16)17)13-2-4-14(5-3-13)9(15)8-6-11-18-12-8/h6-7H,2-5H2,1H3,(H,16,17). The van der Waals surface area contributed by atoms with Gasteiger partial charge in [-0.1, -0.05) is 0 Å². The number of amides is 1. The number of carboxylic acids is 1. The number of piperazine rings is 1. The number of carbonyl (C=O) groups is 2. The number of rotatable bonds is 3. The van der Waals surface area contributed by atoms with E-state index in [2.05, 4.69) is 8.75 Å². The average Bonchev–Trinajstić information content (AvgIpc) is 2.91. The zero-order valence-electron chi connectivity index (χ0n) is 9.94. The molecule has 0 aliphatic carbocycles. The summed E-state index contributed by atoms with van der Waals surface area (Å²) in [5.74, 6) is -0.968. The van der Waals surface area contributed by atoms with Crippen LogP contribution in [0.1, 0.15) is 17.4 Å². The minimum Gasteiger partial charge on any atom is -0.480 e. The molecule has 8 heteroatoms. The Hall–Kier alpha value is -1.54. The molecule has 7 nitrogen and oxygen atoms in total. The zero-order chi connectivity index (χ0) is 13.1. The quantitative estimate of drug-likeness (QED) is 0.816. The Kier molecular flexibility index (Phi) is 3.87. The normalized spacial score (nSPS) is 18.6. The summed E-state index contributed by atoms with van der Waals surface area (Å²) in [6.45, 7) is 3.83. The van der Waals surface area contributed by atoms with Gasteiger partial charge in [-0.05, 0) is 6.92 Å². The SMILES string of the molecule is CC(C(=O)O)N1CCN(C(=O)c2cnsn2)CC1. The highest BCUT2D eigenvalue weighted by molar-refractivity contribution is 6.99. The summed E-state index contributed by atoms with van der Waals surface area (Å²) in [5, 5.41) is 8.92. The largest absolute Gasteiger partial charge is 0.480 e. The Bertz CT molecular complexity index is 428. The summed E-state index contributed by atoms with van der Waals surface area (Å²) < 4.78 is 7.70. The monoisotopic (exact) mass is 270 g/mol. The van der Waals surface area contributed by atoms with E-state index in [1.165, 1.54) is 6.20 Å². The van der Waals surface area contributed by atoms with Gasteiger partial charge in [-0.15, -0.1) is 0 Å². The number of aromatic nitrogens is 2. The van der Waals surface area contributed by atoms with Crippen LogP contribution in [0.15, 0.2) is 6.20 Å². The molecule has 98 valence electrons. The van der Waals surface area contributed by atoms with Crippen molar-refractivity contribution < 1.29 is 14.7 Å². The van der Waals surface area contributed by atoms with E-state index in [4.69, 9.17) is 5.11 Å². The molecule has 0 aromatic carbocycles. The number of nitrogens with zero attached hydrogens (tertiary/aromatic N) is 4. The third-order valence-electron chi connectivity index (χ3n) is 3.09. The number of aliphatic carboxylic acids is 1. The van der Waals surface area contributed by atoms with Crippen LogP contribution in [0.25, 0.3) is 0 Å². The molecule has 18 heavy (non-hydrogen) atoms. The summed E-state index contributed by atoms with van der Waals surface area (Å²) in [6.07, 6.45) is 1.46. The molecule has 1 aliphatic rings. The van der Waals surface area contributed by atoms with E-state index in [1.807, 2.05) is 4.90 Å². The fourth-order valence-corrected chi connectivity index (χ4v) is 2.30. The molecule has 1 aromatic heterocycles. The number of carbonyl (C=O) groups excluding carboxylic acids is 1. The summed E-state index contributed by atoms with van der Waals surface area (Å²) in [5.41, 5.74) is 0.361. The van der Waals surface area contributed by atoms with Gasteiger partial charge in [-0.2, -0.15) is 8.75 Å². The molecule has 1 N–H and O–H groups in total. The van der Waals surface area contributed by atoms with Crippen LogP contribution in [0.5, 0.6) is 0 Å². The smallest absolute Gasteiger partial charge is 0.320 e. The predicted octanol–water partition coefficient (Wildman–Crippen LogP) is -0.231. The van der Waals surface area contributed by atoms with Crippen molar-refractivity contribution in [3.8, 4) is 0 Å². The third kappa shape index (κ3) is 2.65. The van der Waals surface area contributed by atoms with Crippen molar-refractivity contribution in [3.05, 3.63) is 11.9 Å². The minimum atomic E-state index is -0.835. The molecule has 1 aromatic rings. The van der Waals surface area contributed by atoms with E-state index >= 15 is 0 Å². The third-order valence-corrected chi connectivity index (χ3v) is 3.57. The van der Waals surface area contributed by atoms with Crippen molar-refractivity contribution in [1.29, 1.82) is 0 Å². The second-order valence-corrected chi connectivity index (χ2v) is 4.69. The van der Waals surface area contributed by atoms with Gasteiger partial charge in [0.2, 0.25) is 0 Å². The maximum Gasteiger partial charge on any atom is 0.320 e. The molecule has 0 saturated carbocycles. The van der Waals surface area contributed by atoms with E-state index in [0.29, 0.717) is 31.9 Å². The molecule has 1 atom stereocenters. The average molecular weight is 270 g/mol. The highest BCUT2D eigenvalue weighted by atomic mass is 32.1. The van der Waals surface area contributed by atoms with Crippen molar-refractivity contribution in [2.45, 2.75) is 13.0 Å². The Balaban J connectivity index is 1.91. The van der Waals surface area contributed by atoms with Crippen molar-refractivity contribution in [1.82, 2.24) is 18.5 Å². The van der Waals surface area contributed by atoms with E-state index in [9.17, 15) is 9.59 Å². The van der Waals surface area contributed by atoms with Gasteiger partial charge in [0.25, 0.3) is 5.91 Å². The first-order chi connectivity index (χ1) is 8.59. The topological polar surface area (TPSA) is 86.6 Å². The van der Waals surface area contributed by atoms with Gasteiger partial charge in [0.1, 0.15) is 6.04 Å². The molecule has 1 fully saturated rings. The molecule has 2 heterocycles. The van der Waals surface area contributed by atoms with Crippen molar-refractivity contribution in [3.63, 3.8) is 0 Å². The van der Waals surface area contributed by atoms with Crippen molar-refractivity contribution in [2.24, 2.45) is 0 Å². The summed E-state index contributed by atoms with van der Waals surface area (Å²) >= 11 is 1.01. The van der Waals surface area contributed by atoms with E-state index < -0.39 is 12.0 Å². The lowest BCUT2D eigenvalue weighted by Gasteiger charge is -2.36. The Labute approximate surface area is 108 Å². The zero-order valence-corrected chi connectivity index (χ0v) is 10.8. The maximum absolute atomic E-state index is 12.0. The summed E-state index contributed by atoms with van der Waals surface area (Å²) in [7, 11) is 0. The Morgan fingerprint density at radius 3 is 2.56 bits per heavy atom. The lowest BCUT2D eigenvalue weighted by molar-refractivity contribution is -0.143. The highest BCUT2D eigenvalue weighted by Crippen LogP contribution is 2.09. The fourth-order valence-electron chi connectivity index (χ4n) is 1.89. The van der Waals surface area contributed by atoms with Crippen LogP contribution in [-0.4, -0.2) is 67.8 Å². The molecular weight excluding hydrogens is 256 g/mol. The number of carboxylic acid groups (broad SMARTS) is 1. The van der Waals surface area contributed by atoms with Crippen LogP contribution in [0.4, 0.5) is 0 Å². The van der Waals surface area contributed by atoms with Gasteiger partial charge in [0, 0.05) is 26.2 Å². The van der Waals surface area contributed by atoms with Gasteiger partial charge >= 0.3 is 5.97 Å². The van der Waals surface area contributed by atoms with Crippen LogP contribution in [-0.2, 0) is 4.79 Å². The van der Waals surface area contributed by atoms with E-state index in [0.717, 1.165) is 11.7 Å². The summed E-state index contributed by atoms with van der Waals surface area (Å²) in [6, 6.07) is -0.511. The van der Waals surface area contributed by atoms with Gasteiger partial charge in [0.15, 0.2) is 5.69 Å². The van der Waals surface area contributed by atoms with Crippen molar-refractivity contribution in [2.75, 3.05) is 26.2 Å². The first-order valence-electron chi connectivity index (χ1n) is 5.63. The molecule has 1 aliphatic heterocycles. The Morgan fingerprint density at radius 2 is 2.06 bits per heavy atom. The van der Waals surface area contributed by atoms with Crippen LogP contribution < -0.4 is 0 Å². The van der Waals surface area contributed by atoms with Gasteiger partial charge in [0.05, 0.1) is 17.9 Å².